The van der Waals surface area contributed by atoms with Gasteiger partial charge in [0.15, 0.2) is 15.6 Å². The average molecular weight is 240 g/mol. The first-order valence-electron chi connectivity index (χ1n) is 5.19. The number of hydrogen-bond acceptors (Lipinski definition) is 3. The largest absolute Gasteiger partial charge is 0.293 e. The molecule has 0 saturated heterocycles. The van der Waals surface area contributed by atoms with E-state index in [0.29, 0.717) is 5.56 Å². The molecule has 88 valence electrons. The predicted molar refractivity (Wildman–Crippen MR) is 64.3 cm³/mol. The minimum atomic E-state index is -3.28. The fraction of sp³-hybridized carbons (Fsp3) is 0.417. The highest BCUT2D eigenvalue weighted by Gasteiger charge is 2.18. The van der Waals surface area contributed by atoms with Crippen LogP contribution in [0.3, 0.4) is 0 Å². The molecule has 0 heterocycles. The molecule has 16 heavy (non-hydrogen) atoms. The SMILES string of the molecule is CC(C)CS(=O)(=O)CC(=O)c1ccccc1. The van der Waals surface area contributed by atoms with Crippen LogP contribution in [0, 0.1) is 5.92 Å². The highest BCUT2D eigenvalue weighted by atomic mass is 32.2. The molecule has 0 aliphatic rings. The van der Waals surface area contributed by atoms with E-state index in [-0.39, 0.29) is 17.5 Å². The Morgan fingerprint density at radius 2 is 1.75 bits per heavy atom. The summed E-state index contributed by atoms with van der Waals surface area (Å²) in [6.45, 7) is 3.65. The van der Waals surface area contributed by atoms with Gasteiger partial charge in [0.2, 0.25) is 0 Å². The fourth-order valence-corrected chi connectivity index (χ4v) is 3.17. The van der Waals surface area contributed by atoms with Crippen molar-refractivity contribution in [2.24, 2.45) is 5.92 Å². The quantitative estimate of drug-likeness (QED) is 0.739. The van der Waals surface area contributed by atoms with E-state index in [9.17, 15) is 13.2 Å². The van der Waals surface area contributed by atoms with Gasteiger partial charge < -0.3 is 0 Å². The molecule has 3 nitrogen and oxygen atoms in total. The van der Waals surface area contributed by atoms with E-state index in [0.717, 1.165) is 0 Å². The molecule has 0 atom stereocenters. The minimum absolute atomic E-state index is 0.0496. The molecule has 0 saturated carbocycles. The normalized spacial score (nSPS) is 11.7. The van der Waals surface area contributed by atoms with Crippen molar-refractivity contribution < 1.29 is 13.2 Å². The lowest BCUT2D eigenvalue weighted by Crippen LogP contribution is -2.21. The summed E-state index contributed by atoms with van der Waals surface area (Å²) in [5, 5.41) is 0. The first kappa shape index (κ1) is 12.9. The third kappa shape index (κ3) is 4.14. The molecule has 0 fully saturated rings. The van der Waals surface area contributed by atoms with Crippen LogP contribution in [0.2, 0.25) is 0 Å². The van der Waals surface area contributed by atoms with E-state index in [1.807, 2.05) is 13.8 Å². The standard InChI is InChI=1S/C12H16O3S/c1-10(2)8-16(14,15)9-12(13)11-6-4-3-5-7-11/h3-7,10H,8-9H2,1-2H3. The molecular weight excluding hydrogens is 224 g/mol. The zero-order valence-corrected chi connectivity index (χ0v) is 10.3. The summed E-state index contributed by atoms with van der Waals surface area (Å²) in [4.78, 5) is 11.7. The van der Waals surface area contributed by atoms with E-state index in [4.69, 9.17) is 0 Å². The van der Waals surface area contributed by atoms with Gasteiger partial charge in [-0.25, -0.2) is 8.42 Å². The number of sulfone groups is 1. The maximum absolute atomic E-state index is 11.7. The molecule has 0 aliphatic carbocycles. The molecule has 0 aliphatic heterocycles. The summed E-state index contributed by atoms with van der Waals surface area (Å²) >= 11 is 0. The summed E-state index contributed by atoms with van der Waals surface area (Å²) in [5.41, 5.74) is 0.454. The Morgan fingerprint density at radius 1 is 1.19 bits per heavy atom. The van der Waals surface area contributed by atoms with Gasteiger partial charge in [-0.1, -0.05) is 44.2 Å². The molecule has 0 N–H and O–H groups in total. The summed E-state index contributed by atoms with van der Waals surface area (Å²) in [6, 6.07) is 8.50. The second kappa shape index (κ2) is 5.25. The van der Waals surface area contributed by atoms with E-state index >= 15 is 0 Å². The van der Waals surface area contributed by atoms with E-state index in [1.165, 1.54) is 0 Å². The van der Waals surface area contributed by atoms with Crippen molar-refractivity contribution in [3.8, 4) is 0 Å². The van der Waals surface area contributed by atoms with Gasteiger partial charge in [-0.2, -0.15) is 0 Å². The Balaban J connectivity index is 2.73. The number of carbonyl (C=O) groups excluding carboxylic acids is 1. The Labute approximate surface area is 96.4 Å². The Kier molecular flexibility index (Phi) is 4.24. The molecule has 0 unspecified atom stereocenters. The first-order chi connectivity index (χ1) is 7.41. The van der Waals surface area contributed by atoms with Gasteiger partial charge in [-0.3, -0.25) is 4.79 Å². The fourth-order valence-electron chi connectivity index (χ4n) is 1.47. The number of Topliss-reactive ketones (excluding diaryl/α,β-unsaturated/α-hetero) is 1. The van der Waals surface area contributed by atoms with Crippen LogP contribution in [0.4, 0.5) is 0 Å². The maximum atomic E-state index is 11.7. The molecule has 0 amide bonds. The Hall–Kier alpha value is -1.16. The van der Waals surface area contributed by atoms with Crippen LogP contribution in [0.5, 0.6) is 0 Å². The number of rotatable bonds is 5. The lowest BCUT2D eigenvalue weighted by atomic mass is 10.2. The van der Waals surface area contributed by atoms with Crippen molar-refractivity contribution in [1.82, 2.24) is 0 Å². The number of carbonyl (C=O) groups is 1. The number of ketones is 1. The zero-order valence-electron chi connectivity index (χ0n) is 9.51. The topological polar surface area (TPSA) is 51.2 Å². The molecule has 0 spiro atoms. The van der Waals surface area contributed by atoms with E-state index in [1.54, 1.807) is 30.3 Å². The van der Waals surface area contributed by atoms with Gasteiger partial charge in [0.05, 0.1) is 5.75 Å². The Morgan fingerprint density at radius 3 is 2.25 bits per heavy atom. The second-order valence-electron chi connectivity index (χ2n) is 4.24. The van der Waals surface area contributed by atoms with Crippen LogP contribution in [-0.4, -0.2) is 25.7 Å². The van der Waals surface area contributed by atoms with Crippen LogP contribution in [0.1, 0.15) is 24.2 Å². The summed E-state index contributed by atoms with van der Waals surface area (Å²) in [5.74, 6) is -0.615. The monoisotopic (exact) mass is 240 g/mol. The number of hydrogen-bond donors (Lipinski definition) is 0. The summed E-state index contributed by atoms with van der Waals surface area (Å²) in [6.07, 6.45) is 0. The molecule has 4 heteroatoms. The summed E-state index contributed by atoms with van der Waals surface area (Å²) in [7, 11) is -3.28. The van der Waals surface area contributed by atoms with Gasteiger partial charge >= 0.3 is 0 Å². The molecular formula is C12H16O3S. The molecule has 0 bridgehead atoms. The van der Waals surface area contributed by atoms with Crippen LogP contribution in [-0.2, 0) is 9.84 Å². The van der Waals surface area contributed by atoms with Crippen molar-refractivity contribution >= 4 is 15.6 Å². The maximum Gasteiger partial charge on any atom is 0.177 e. The van der Waals surface area contributed by atoms with Crippen LogP contribution < -0.4 is 0 Å². The molecule has 1 aromatic carbocycles. The molecule has 1 aromatic rings. The average Bonchev–Trinajstić information content (AvgIpc) is 2.16. The summed E-state index contributed by atoms with van der Waals surface area (Å²) < 4.78 is 23.2. The van der Waals surface area contributed by atoms with Crippen LogP contribution in [0.25, 0.3) is 0 Å². The van der Waals surface area contributed by atoms with E-state index in [2.05, 4.69) is 0 Å². The van der Waals surface area contributed by atoms with E-state index < -0.39 is 15.6 Å². The van der Waals surface area contributed by atoms with Gasteiger partial charge in [-0.05, 0) is 5.92 Å². The predicted octanol–water partition coefficient (Wildman–Crippen LogP) is 1.94. The van der Waals surface area contributed by atoms with Crippen molar-refractivity contribution in [3.05, 3.63) is 35.9 Å². The van der Waals surface area contributed by atoms with Crippen molar-refractivity contribution in [2.45, 2.75) is 13.8 Å². The zero-order chi connectivity index (χ0) is 12.2. The second-order valence-corrected chi connectivity index (χ2v) is 6.35. The lowest BCUT2D eigenvalue weighted by Gasteiger charge is -2.06. The van der Waals surface area contributed by atoms with Crippen LogP contribution in [0.15, 0.2) is 30.3 Å². The molecule has 1 rings (SSSR count). The van der Waals surface area contributed by atoms with Crippen LogP contribution >= 0.6 is 0 Å². The van der Waals surface area contributed by atoms with Gasteiger partial charge in [0, 0.05) is 5.56 Å². The minimum Gasteiger partial charge on any atom is -0.293 e. The number of benzene rings is 1. The van der Waals surface area contributed by atoms with Gasteiger partial charge in [0.1, 0.15) is 5.75 Å². The highest BCUT2D eigenvalue weighted by molar-refractivity contribution is 7.92. The smallest absolute Gasteiger partial charge is 0.177 e. The van der Waals surface area contributed by atoms with Crippen molar-refractivity contribution in [3.63, 3.8) is 0 Å². The first-order valence-corrected chi connectivity index (χ1v) is 7.01. The molecule has 0 radical (unpaired) electrons. The van der Waals surface area contributed by atoms with Crippen molar-refractivity contribution in [1.29, 1.82) is 0 Å². The third-order valence-electron chi connectivity index (χ3n) is 2.03. The third-order valence-corrected chi connectivity index (χ3v) is 3.91. The highest BCUT2D eigenvalue weighted by Crippen LogP contribution is 2.06. The lowest BCUT2D eigenvalue weighted by molar-refractivity contribution is 0.102. The molecule has 0 aromatic heterocycles. The Bertz CT molecular complexity index is 446. The van der Waals surface area contributed by atoms with Crippen molar-refractivity contribution in [2.75, 3.05) is 11.5 Å². The van der Waals surface area contributed by atoms with Gasteiger partial charge in [0.25, 0.3) is 0 Å². The van der Waals surface area contributed by atoms with Gasteiger partial charge in [-0.15, -0.1) is 0 Å².